The van der Waals surface area contributed by atoms with Gasteiger partial charge in [-0.25, -0.2) is 57.5 Å². The predicted octanol–water partition coefficient (Wildman–Crippen LogP) is 16.7. The zero-order chi connectivity index (χ0) is 100. The monoisotopic (exact) mass is 2080 g/mol. The van der Waals surface area contributed by atoms with Crippen LogP contribution in [0.4, 0.5) is 8.78 Å². The van der Waals surface area contributed by atoms with E-state index in [4.69, 9.17) is 77.3 Å². The summed E-state index contributed by atoms with van der Waals surface area (Å²) in [5.74, 6) is -3.20. The molecule has 3 aromatic carbocycles. The average molecular weight is 2080 g/mol. The van der Waals surface area contributed by atoms with Gasteiger partial charge in [0, 0.05) is 106 Å². The maximum absolute atomic E-state index is 14.7. The summed E-state index contributed by atoms with van der Waals surface area (Å²) in [4.78, 5) is 170. The Hall–Kier alpha value is -8.65. The van der Waals surface area contributed by atoms with Crippen molar-refractivity contribution in [1.82, 2.24) is 49.5 Å². The van der Waals surface area contributed by atoms with Crippen molar-refractivity contribution in [3.05, 3.63) is 71.7 Å². The number of ether oxygens (including phenoxy) is 10. The second-order valence-corrected chi connectivity index (χ2v) is 42.8. The second-order valence-electron chi connectivity index (χ2n) is 42.8. The molecule has 6 fully saturated rings. The molecule has 0 N–H and O–H groups in total. The quantitative estimate of drug-likeness (QED) is 0.0624. The van der Waals surface area contributed by atoms with Gasteiger partial charge in [-0.05, 0) is 180 Å². The zero-order valence-corrected chi connectivity index (χ0v) is 90.0. The fraction of sp³-hybridized carbons (Fsp3) is 0.682. The van der Waals surface area contributed by atoms with Crippen molar-refractivity contribution in [2.45, 2.75) is 342 Å². The molecule has 7 aliphatic heterocycles. The fourth-order valence-corrected chi connectivity index (χ4v) is 23.0. The molecule has 775 valence electrons. The van der Waals surface area contributed by atoms with Crippen molar-refractivity contribution >= 4 is 93.5 Å². The molecule has 3 aromatic heterocycles. The van der Waals surface area contributed by atoms with Crippen LogP contribution in [-0.4, -0.2) is 237 Å². The minimum absolute atomic E-state index is 0. The van der Waals surface area contributed by atoms with Crippen molar-refractivity contribution in [3.8, 4) is 34.9 Å². The van der Waals surface area contributed by atoms with E-state index in [0.29, 0.717) is 153 Å². The summed E-state index contributed by atoms with van der Waals surface area (Å²) in [6.45, 7) is 25.9. The molecule has 142 heavy (non-hydrogen) atoms. The molecule has 2 aliphatic carbocycles. The van der Waals surface area contributed by atoms with E-state index in [-0.39, 0.29) is 148 Å². The SMILES string of the molecule is CC[C@@H]1[C@@H]2CN(C(=O)[C@H](C(C)(C)C)CC(=O)O[C@@H]3CCCN(C(C)=O)[C@H]3CCCCCc3nc4ccc(OC)cc4nc3O2)[C@@H]1[C-]=O.CC[C@@H]1[C@@H]2CN(C(=O)[C@H](C(C)(C)C)CC(=O)O[C@]3(C(F)F)CCC[C@H]3CCCCCc3nc4ccc(OC)cc4nc3O2)[C@@H]1[C-]=O.CC[C@@H]1[C@@H]2CN(C(=O)[C@H](C(C)(C)C)CC(=O)O[C@]3(COC)CCC[C@H]3CCCCCc3nc4ccc(OC)cc4nc3O2)[C@@H]1[C-]=O.[V].[V].[V]. The molecule has 9 aliphatic rings. The Morgan fingerprint density at radius 1 is 0.437 bits per heavy atom. The summed E-state index contributed by atoms with van der Waals surface area (Å²) >= 11 is 0. The Labute approximate surface area is 870 Å². The number of aryl methyl sites for hydroxylation is 3. The number of fused-ring (bicyclic) bond motifs is 15. The topological polar surface area (TPSA) is 353 Å². The molecule has 2 saturated carbocycles. The van der Waals surface area contributed by atoms with Gasteiger partial charge in [0.1, 0.15) is 64.3 Å². The van der Waals surface area contributed by atoms with Crippen LogP contribution in [0.1, 0.15) is 274 Å². The van der Waals surface area contributed by atoms with Crippen molar-refractivity contribution in [2.75, 3.05) is 61.2 Å². The van der Waals surface area contributed by atoms with Crippen molar-refractivity contribution in [1.29, 1.82) is 0 Å². The van der Waals surface area contributed by atoms with E-state index in [1.165, 1.54) is 9.80 Å². The molecule has 15 rings (SSSR count). The summed E-state index contributed by atoms with van der Waals surface area (Å²) in [6, 6.07) is 13.8. The average Bonchev–Trinajstić information content (AvgIpc) is 1.62. The van der Waals surface area contributed by atoms with Crippen molar-refractivity contribution in [3.63, 3.8) is 0 Å². The Balaban J connectivity index is 0.000000217. The number of hydrogen-bond donors (Lipinski definition) is 0. The van der Waals surface area contributed by atoms with Crippen LogP contribution in [0, 0.1) is 63.6 Å². The first kappa shape index (κ1) is 115. The van der Waals surface area contributed by atoms with Gasteiger partial charge in [-0.15, -0.1) is 0 Å². The number of rotatable bonds is 12. The number of aromatic nitrogens is 6. The third-order valence-corrected chi connectivity index (χ3v) is 30.9. The molecule has 0 spiro atoms. The summed E-state index contributed by atoms with van der Waals surface area (Å²) in [6.07, 6.45) is 19.5. The van der Waals surface area contributed by atoms with Crippen LogP contribution < -0.4 is 28.4 Å². The zero-order valence-electron chi connectivity index (χ0n) is 85.8. The van der Waals surface area contributed by atoms with E-state index in [9.17, 15) is 56.7 Å². The standard InChI is InChI=1S/C36H49N4O7.C36H50N3O7.C35H46F2N3O6.3V/c1-7-24-30(21-41)40-20-32(24)47-34-27(37-26-16-15-23(45-6)18-28(26)38-34)12-9-8-10-13-29-31(14-11-17-39(29)22(2)42)46-33(43)19-25(35(40)44)36(3,4)5;1-7-25-30(21-40)39-20-31(25)45-33-28(37-27-16-15-24(44-6)18-29(27)38-33)14-10-8-9-12-23-13-11-17-36(23,22-43-5)46-32(41)19-26(34(39)42)35(2,3)4;1-6-23-28(20-41)40-19-29(23)45-31-26(38-25-15-14-22(44-5)17-27(25)39-31)13-9-7-8-11-21-12-10-16-35(21,33(36)37)46-30(42)18-24(32(40)43)34(2,3)4;;;/h15-16,18,24-25,29-32H,7-14,17,19-20H2,1-6H3;15-16,18,23,25-26,30-31H,7-14,17,19-20,22H2,1-6H3;14-15,17,21,23-24,28-29,33H,6-13,16,18-19H2,1-5H3;;;/q3*-1;;;/t24-,25+,29-,30+,31+,32-;23-,25+,26-,30-,31+,36+;21-,23+,24-,28-,29+,35-;;;/m011.../s1. The smallest absolute Gasteiger partial charge is 0.307 e. The number of benzene rings is 3. The van der Waals surface area contributed by atoms with Gasteiger partial charge in [-0.2, -0.15) is 0 Å². The van der Waals surface area contributed by atoms with Crippen LogP contribution in [0.2, 0.25) is 0 Å². The van der Waals surface area contributed by atoms with E-state index >= 15 is 0 Å². The van der Waals surface area contributed by atoms with Gasteiger partial charge in [0.05, 0.1) is 124 Å². The fourth-order valence-electron chi connectivity index (χ4n) is 23.0. The molecule has 0 unspecified atom stereocenters. The Morgan fingerprint density at radius 2 is 0.796 bits per heavy atom. The summed E-state index contributed by atoms with van der Waals surface area (Å²) < 4.78 is 89.4. The van der Waals surface area contributed by atoms with Crippen molar-refractivity contribution in [2.24, 2.45) is 63.6 Å². The number of alkyl halides is 2. The van der Waals surface area contributed by atoms with Crippen LogP contribution in [0.25, 0.3) is 33.1 Å². The number of likely N-dealkylation sites (tertiary alicyclic amines) is 1. The van der Waals surface area contributed by atoms with E-state index < -0.39 is 124 Å². The van der Waals surface area contributed by atoms with Gasteiger partial charge in [0.2, 0.25) is 41.3 Å². The summed E-state index contributed by atoms with van der Waals surface area (Å²) in [5.41, 5.74) is 1.73. The van der Waals surface area contributed by atoms with E-state index in [1.807, 2.05) is 137 Å². The number of amides is 4. The molecule has 30 nitrogen and oxygen atoms in total. The third-order valence-electron chi connectivity index (χ3n) is 30.9. The molecule has 6 aromatic rings. The largest absolute Gasteiger partial charge is 0.540 e. The second kappa shape index (κ2) is 50.6. The molecule has 18 atom stereocenters. The van der Waals surface area contributed by atoms with Crippen LogP contribution >= 0.6 is 0 Å². The number of piperidine rings is 1. The van der Waals surface area contributed by atoms with Gasteiger partial charge in [-0.3, -0.25) is 33.6 Å². The maximum atomic E-state index is 14.7. The molecule has 4 amide bonds. The first-order valence-corrected chi connectivity index (χ1v) is 50.7. The maximum Gasteiger partial charge on any atom is 0.307 e. The first-order chi connectivity index (χ1) is 66.4. The van der Waals surface area contributed by atoms with Crippen molar-refractivity contribution < 1.29 is 160 Å². The third kappa shape index (κ3) is 26.5. The molecule has 3 radical (unpaired) electrons. The molecule has 6 bridgehead atoms. The molecular formula is C107H145F2N10O20V3-3. The van der Waals surface area contributed by atoms with E-state index in [1.54, 1.807) is 46.3 Å². The van der Waals surface area contributed by atoms with Gasteiger partial charge in [0.25, 0.3) is 6.43 Å². The summed E-state index contributed by atoms with van der Waals surface area (Å²) in [5, 5.41) is 0. The van der Waals surface area contributed by atoms with Crippen LogP contribution in [0.15, 0.2) is 54.6 Å². The Bertz CT molecular complexity index is 5360. The number of esters is 3. The Kier molecular flexibility index (Phi) is 41.1. The minimum Gasteiger partial charge on any atom is -0.540 e. The molecule has 10 heterocycles. The first-order valence-electron chi connectivity index (χ1n) is 50.7. The number of methoxy groups -OCH3 is 4. The van der Waals surface area contributed by atoms with Crippen LogP contribution in [0.3, 0.4) is 0 Å². The Morgan fingerprint density at radius 3 is 1.15 bits per heavy atom. The van der Waals surface area contributed by atoms with Gasteiger partial charge in [0.15, 0.2) is 5.60 Å². The number of hydrogen-bond acceptors (Lipinski definition) is 26. The number of carbonyl (C=O) groups is 7. The van der Waals surface area contributed by atoms with Crippen LogP contribution in [0.5, 0.6) is 34.9 Å². The van der Waals surface area contributed by atoms with Gasteiger partial charge < -0.3 is 81.4 Å². The number of carbonyl (C=O) groups excluding carboxylic acids is 10. The predicted molar refractivity (Wildman–Crippen MR) is 516 cm³/mol. The van der Waals surface area contributed by atoms with E-state index in [0.717, 1.165) is 106 Å². The normalized spacial score (nSPS) is 28.5. The van der Waals surface area contributed by atoms with Gasteiger partial charge in [-0.1, -0.05) is 159 Å². The molecular weight excluding hydrogens is 1940 g/mol. The van der Waals surface area contributed by atoms with E-state index in [2.05, 4.69) is 18.9 Å². The number of halogens is 2. The minimum atomic E-state index is -2.83. The molecule has 4 saturated heterocycles. The summed E-state index contributed by atoms with van der Waals surface area (Å²) in [7, 11) is 6.43. The number of nitrogens with zero attached hydrogens (tertiary/aromatic N) is 10. The van der Waals surface area contributed by atoms with Crippen LogP contribution in [-0.2, 0) is 142 Å². The van der Waals surface area contributed by atoms with Gasteiger partial charge >= 0.3 is 17.9 Å². The molecule has 35 heteroatoms.